The fraction of sp³-hybridized carbons (Fsp3) is 0.571. The van der Waals surface area contributed by atoms with Crippen LogP contribution in [0.5, 0.6) is 0 Å². The average molecular weight is 239 g/mol. The van der Waals surface area contributed by atoms with Crippen LogP contribution in [-0.2, 0) is 0 Å². The van der Waals surface area contributed by atoms with Gasteiger partial charge in [-0.15, -0.1) is 0 Å². The molecule has 0 radical (unpaired) electrons. The third-order valence-electron chi connectivity index (χ3n) is 3.02. The monoisotopic (exact) mass is 239 g/mol. The largest absolute Gasteiger partial charge is 0.393 e. The van der Waals surface area contributed by atoms with E-state index in [1.54, 1.807) is 0 Å². The molecular formula is C14H22FNO. The number of halogens is 1. The Kier molecular flexibility index (Phi) is 6.16. The normalized spacial score (nSPS) is 14.6. The minimum Gasteiger partial charge on any atom is -0.393 e. The van der Waals surface area contributed by atoms with Crippen LogP contribution in [0.4, 0.5) is 4.39 Å². The van der Waals surface area contributed by atoms with E-state index in [9.17, 15) is 9.50 Å². The maximum atomic E-state index is 12.8. The molecule has 2 nitrogen and oxygen atoms in total. The first kappa shape index (κ1) is 14.1. The van der Waals surface area contributed by atoms with Crippen LogP contribution in [0.3, 0.4) is 0 Å². The predicted octanol–water partition coefficient (Wildman–Crippen LogP) is 3.03. The molecule has 0 aliphatic heterocycles. The van der Waals surface area contributed by atoms with Gasteiger partial charge >= 0.3 is 0 Å². The molecule has 96 valence electrons. The Hall–Kier alpha value is -0.930. The van der Waals surface area contributed by atoms with Crippen molar-refractivity contribution in [1.82, 2.24) is 5.32 Å². The summed E-state index contributed by atoms with van der Waals surface area (Å²) in [4.78, 5) is 0. The van der Waals surface area contributed by atoms with Gasteiger partial charge < -0.3 is 10.4 Å². The second kappa shape index (κ2) is 7.41. The fourth-order valence-corrected chi connectivity index (χ4v) is 1.82. The summed E-state index contributed by atoms with van der Waals surface area (Å²) >= 11 is 0. The zero-order chi connectivity index (χ0) is 12.7. The molecule has 1 rings (SSSR count). The van der Waals surface area contributed by atoms with E-state index in [0.29, 0.717) is 0 Å². The standard InChI is InChI=1S/C14H22FNO/c1-3-13(17)9-10-16-14(4-2)11-5-7-12(15)8-6-11/h5-8,13-14,16-17H,3-4,9-10H2,1-2H3. The van der Waals surface area contributed by atoms with E-state index in [0.717, 1.165) is 31.4 Å². The van der Waals surface area contributed by atoms with Crippen molar-refractivity contribution in [3.05, 3.63) is 35.6 Å². The highest BCUT2D eigenvalue weighted by atomic mass is 19.1. The maximum absolute atomic E-state index is 12.8. The number of hydrogen-bond acceptors (Lipinski definition) is 2. The molecule has 0 aliphatic rings. The Morgan fingerprint density at radius 1 is 1.18 bits per heavy atom. The van der Waals surface area contributed by atoms with Gasteiger partial charge in [0.2, 0.25) is 0 Å². The van der Waals surface area contributed by atoms with Crippen LogP contribution in [-0.4, -0.2) is 17.8 Å². The number of aliphatic hydroxyl groups excluding tert-OH is 1. The van der Waals surface area contributed by atoms with Crippen molar-refractivity contribution < 1.29 is 9.50 Å². The van der Waals surface area contributed by atoms with Crippen molar-refractivity contribution >= 4 is 0 Å². The minimum absolute atomic E-state index is 0.204. The first-order valence-corrected chi connectivity index (χ1v) is 6.34. The van der Waals surface area contributed by atoms with Gasteiger partial charge in [0, 0.05) is 6.04 Å². The van der Waals surface area contributed by atoms with E-state index in [-0.39, 0.29) is 18.0 Å². The molecule has 0 saturated carbocycles. The molecule has 2 atom stereocenters. The smallest absolute Gasteiger partial charge is 0.123 e. The Balaban J connectivity index is 2.45. The second-order valence-corrected chi connectivity index (χ2v) is 4.32. The molecule has 2 N–H and O–H groups in total. The van der Waals surface area contributed by atoms with Gasteiger partial charge in [-0.05, 0) is 43.5 Å². The van der Waals surface area contributed by atoms with Gasteiger partial charge in [-0.25, -0.2) is 4.39 Å². The summed E-state index contributed by atoms with van der Waals surface area (Å²) in [5.41, 5.74) is 1.10. The molecule has 1 aromatic rings. The van der Waals surface area contributed by atoms with Gasteiger partial charge in [0.1, 0.15) is 5.82 Å². The van der Waals surface area contributed by atoms with Gasteiger partial charge in [0.25, 0.3) is 0 Å². The lowest BCUT2D eigenvalue weighted by Crippen LogP contribution is -2.24. The average Bonchev–Trinajstić information content (AvgIpc) is 2.35. The van der Waals surface area contributed by atoms with Crippen LogP contribution in [0.2, 0.25) is 0 Å². The molecule has 0 amide bonds. The van der Waals surface area contributed by atoms with Gasteiger partial charge in [-0.1, -0.05) is 26.0 Å². The van der Waals surface area contributed by atoms with Crippen molar-refractivity contribution in [3.63, 3.8) is 0 Å². The van der Waals surface area contributed by atoms with Crippen LogP contribution in [0.15, 0.2) is 24.3 Å². The summed E-state index contributed by atoms with van der Waals surface area (Å²) in [7, 11) is 0. The lowest BCUT2D eigenvalue weighted by Gasteiger charge is -2.18. The van der Waals surface area contributed by atoms with E-state index in [1.165, 1.54) is 12.1 Å². The Morgan fingerprint density at radius 2 is 1.82 bits per heavy atom. The molecule has 2 unspecified atom stereocenters. The molecule has 0 fully saturated rings. The number of hydrogen-bond donors (Lipinski definition) is 2. The molecule has 1 aromatic carbocycles. The SMILES string of the molecule is CCC(O)CCNC(CC)c1ccc(F)cc1. The van der Waals surface area contributed by atoms with Crippen LogP contribution in [0.1, 0.15) is 44.7 Å². The molecular weight excluding hydrogens is 217 g/mol. The highest BCUT2D eigenvalue weighted by molar-refractivity contribution is 5.19. The summed E-state index contributed by atoms with van der Waals surface area (Å²) in [6, 6.07) is 6.83. The van der Waals surface area contributed by atoms with Gasteiger partial charge in [0.15, 0.2) is 0 Å². The fourth-order valence-electron chi connectivity index (χ4n) is 1.82. The van der Waals surface area contributed by atoms with Crippen LogP contribution in [0, 0.1) is 5.82 Å². The molecule has 0 spiro atoms. The van der Waals surface area contributed by atoms with Gasteiger partial charge in [-0.2, -0.15) is 0 Å². The lowest BCUT2D eigenvalue weighted by atomic mass is 10.0. The highest BCUT2D eigenvalue weighted by Gasteiger charge is 2.09. The summed E-state index contributed by atoms with van der Waals surface area (Å²) in [5, 5.41) is 12.8. The number of benzene rings is 1. The quantitative estimate of drug-likeness (QED) is 0.766. The number of aliphatic hydroxyl groups is 1. The third kappa shape index (κ3) is 4.84. The third-order valence-corrected chi connectivity index (χ3v) is 3.02. The first-order valence-electron chi connectivity index (χ1n) is 6.34. The van der Waals surface area contributed by atoms with Crippen molar-refractivity contribution in [3.8, 4) is 0 Å². The minimum atomic E-state index is -0.228. The van der Waals surface area contributed by atoms with Crippen molar-refractivity contribution in [2.24, 2.45) is 0 Å². The molecule has 17 heavy (non-hydrogen) atoms. The highest BCUT2D eigenvalue weighted by Crippen LogP contribution is 2.16. The molecule has 0 saturated heterocycles. The van der Waals surface area contributed by atoms with E-state index in [2.05, 4.69) is 12.2 Å². The topological polar surface area (TPSA) is 32.3 Å². The Labute approximate surface area is 103 Å². The van der Waals surface area contributed by atoms with Crippen molar-refractivity contribution in [1.29, 1.82) is 0 Å². The van der Waals surface area contributed by atoms with Crippen LogP contribution >= 0.6 is 0 Å². The van der Waals surface area contributed by atoms with Gasteiger partial charge in [0.05, 0.1) is 6.10 Å². The van der Waals surface area contributed by atoms with E-state index >= 15 is 0 Å². The van der Waals surface area contributed by atoms with Crippen LogP contribution < -0.4 is 5.32 Å². The Morgan fingerprint density at radius 3 is 2.35 bits per heavy atom. The lowest BCUT2D eigenvalue weighted by molar-refractivity contribution is 0.158. The zero-order valence-corrected chi connectivity index (χ0v) is 10.6. The summed E-state index contributed by atoms with van der Waals surface area (Å²) in [5.74, 6) is -0.204. The molecule has 0 heterocycles. The van der Waals surface area contributed by atoms with Crippen LogP contribution in [0.25, 0.3) is 0 Å². The van der Waals surface area contributed by atoms with E-state index in [1.807, 2.05) is 19.1 Å². The van der Waals surface area contributed by atoms with Crippen molar-refractivity contribution in [2.75, 3.05) is 6.54 Å². The molecule has 0 aliphatic carbocycles. The van der Waals surface area contributed by atoms with Gasteiger partial charge in [-0.3, -0.25) is 0 Å². The Bertz CT molecular complexity index is 313. The number of nitrogens with one attached hydrogen (secondary N) is 1. The zero-order valence-electron chi connectivity index (χ0n) is 10.6. The molecule has 0 aromatic heterocycles. The summed E-state index contributed by atoms with van der Waals surface area (Å²) < 4.78 is 12.8. The van der Waals surface area contributed by atoms with Crippen molar-refractivity contribution in [2.45, 2.75) is 45.3 Å². The summed E-state index contributed by atoms with van der Waals surface area (Å²) in [6.45, 7) is 4.85. The first-order chi connectivity index (χ1) is 8.17. The maximum Gasteiger partial charge on any atom is 0.123 e. The van der Waals surface area contributed by atoms with E-state index in [4.69, 9.17) is 0 Å². The molecule has 0 bridgehead atoms. The predicted molar refractivity (Wildman–Crippen MR) is 68.3 cm³/mol. The summed E-state index contributed by atoms with van der Waals surface area (Å²) in [6.07, 6.45) is 2.27. The number of rotatable bonds is 7. The second-order valence-electron chi connectivity index (χ2n) is 4.32. The molecule has 3 heteroatoms. The van der Waals surface area contributed by atoms with E-state index < -0.39 is 0 Å².